The van der Waals surface area contributed by atoms with E-state index in [9.17, 15) is 14.0 Å². The molecule has 12 heavy (non-hydrogen) atoms. The number of hydrogen-bond donors (Lipinski definition) is 2. The highest BCUT2D eigenvalue weighted by atomic mass is 19.1. The van der Waals surface area contributed by atoms with Crippen LogP contribution in [-0.4, -0.2) is 28.3 Å². The minimum Gasteiger partial charge on any atom is -0.481 e. The van der Waals surface area contributed by atoms with Gasteiger partial charge in [0.2, 0.25) is 0 Å². The monoisotopic (exact) mass is 178 g/mol. The Balaban J connectivity index is 3.31. The number of carboxylic acids is 2. The average Bonchev–Trinajstić information content (AvgIpc) is 1.97. The minimum absolute atomic E-state index is 0.0354. The molecule has 5 heteroatoms. The van der Waals surface area contributed by atoms with Crippen molar-refractivity contribution in [3.63, 3.8) is 0 Å². The molecule has 0 spiro atoms. The summed E-state index contributed by atoms with van der Waals surface area (Å²) in [5.41, 5.74) is 0. The fraction of sp³-hybridized carbons (Fsp3) is 0.714. The first-order chi connectivity index (χ1) is 5.54. The number of unbranched alkanes of at least 4 members (excludes halogenated alkanes) is 1. The van der Waals surface area contributed by atoms with Gasteiger partial charge in [-0.15, -0.1) is 0 Å². The van der Waals surface area contributed by atoms with E-state index in [1.54, 1.807) is 0 Å². The largest absolute Gasteiger partial charge is 0.481 e. The van der Waals surface area contributed by atoms with Crippen LogP contribution in [0.2, 0.25) is 0 Å². The summed E-state index contributed by atoms with van der Waals surface area (Å²) in [7, 11) is 0. The SMILES string of the molecule is O=C(O)CCCCC(F)C(=O)O. The predicted octanol–water partition coefficient (Wildman–Crippen LogP) is 1.05. The van der Waals surface area contributed by atoms with Crippen molar-refractivity contribution in [2.24, 2.45) is 0 Å². The normalized spacial score (nSPS) is 12.4. The molecule has 0 bridgehead atoms. The highest BCUT2D eigenvalue weighted by Gasteiger charge is 2.14. The van der Waals surface area contributed by atoms with Gasteiger partial charge < -0.3 is 10.2 Å². The number of carbonyl (C=O) groups is 2. The van der Waals surface area contributed by atoms with E-state index in [2.05, 4.69) is 0 Å². The van der Waals surface area contributed by atoms with Gasteiger partial charge in [0.1, 0.15) is 0 Å². The van der Waals surface area contributed by atoms with E-state index in [0.717, 1.165) is 0 Å². The van der Waals surface area contributed by atoms with Crippen molar-refractivity contribution in [2.45, 2.75) is 31.9 Å². The van der Waals surface area contributed by atoms with Crippen molar-refractivity contribution in [3.05, 3.63) is 0 Å². The second kappa shape index (κ2) is 5.51. The molecule has 1 unspecified atom stereocenters. The number of rotatable bonds is 6. The highest BCUT2D eigenvalue weighted by molar-refractivity contribution is 5.72. The predicted molar refractivity (Wildman–Crippen MR) is 38.6 cm³/mol. The first-order valence-electron chi connectivity index (χ1n) is 3.62. The van der Waals surface area contributed by atoms with Crippen molar-refractivity contribution in [2.75, 3.05) is 0 Å². The Kier molecular flexibility index (Phi) is 4.99. The van der Waals surface area contributed by atoms with Crippen LogP contribution in [0.3, 0.4) is 0 Å². The van der Waals surface area contributed by atoms with E-state index in [1.165, 1.54) is 0 Å². The maximum Gasteiger partial charge on any atom is 0.338 e. The third kappa shape index (κ3) is 5.64. The maximum atomic E-state index is 12.3. The van der Waals surface area contributed by atoms with Crippen molar-refractivity contribution >= 4 is 11.9 Å². The van der Waals surface area contributed by atoms with Gasteiger partial charge in [0.15, 0.2) is 6.17 Å². The minimum atomic E-state index is -1.86. The Morgan fingerprint density at radius 2 is 1.83 bits per heavy atom. The molecule has 0 saturated heterocycles. The van der Waals surface area contributed by atoms with Crippen LogP contribution < -0.4 is 0 Å². The summed E-state index contributed by atoms with van der Waals surface area (Å²) in [6.07, 6.45) is -1.39. The molecule has 2 N–H and O–H groups in total. The van der Waals surface area contributed by atoms with Gasteiger partial charge in [-0.2, -0.15) is 0 Å². The zero-order chi connectivity index (χ0) is 9.56. The van der Waals surface area contributed by atoms with Gasteiger partial charge in [-0.25, -0.2) is 9.18 Å². The summed E-state index contributed by atoms with van der Waals surface area (Å²) in [4.78, 5) is 19.9. The van der Waals surface area contributed by atoms with Gasteiger partial charge in [-0.05, 0) is 19.3 Å². The molecule has 0 aliphatic heterocycles. The smallest absolute Gasteiger partial charge is 0.338 e. The summed E-state index contributed by atoms with van der Waals surface area (Å²) in [6, 6.07) is 0. The topological polar surface area (TPSA) is 74.6 Å². The number of alkyl halides is 1. The molecule has 0 rings (SSSR count). The second-order valence-corrected chi connectivity index (χ2v) is 2.45. The number of aliphatic carboxylic acids is 2. The number of hydrogen-bond acceptors (Lipinski definition) is 2. The van der Waals surface area contributed by atoms with Gasteiger partial charge in [0.05, 0.1) is 0 Å². The molecular formula is C7H11FO4. The van der Waals surface area contributed by atoms with Gasteiger partial charge >= 0.3 is 11.9 Å². The quantitative estimate of drug-likeness (QED) is 0.596. The molecule has 1 atom stereocenters. The molecular weight excluding hydrogens is 167 g/mol. The Bertz CT molecular complexity index is 169. The third-order valence-corrected chi connectivity index (χ3v) is 1.37. The highest BCUT2D eigenvalue weighted by Crippen LogP contribution is 2.06. The summed E-state index contributed by atoms with van der Waals surface area (Å²) in [6.45, 7) is 0. The zero-order valence-electron chi connectivity index (χ0n) is 6.49. The van der Waals surface area contributed by atoms with E-state index in [-0.39, 0.29) is 12.8 Å². The number of carboxylic acid groups (broad SMARTS) is 2. The lowest BCUT2D eigenvalue weighted by atomic mass is 10.1. The Labute approximate surface area is 69.0 Å². The van der Waals surface area contributed by atoms with E-state index in [1.807, 2.05) is 0 Å². The molecule has 0 saturated carbocycles. The van der Waals surface area contributed by atoms with Crippen LogP contribution in [0.4, 0.5) is 4.39 Å². The van der Waals surface area contributed by atoms with E-state index >= 15 is 0 Å². The molecule has 0 aromatic rings. The molecule has 4 nitrogen and oxygen atoms in total. The lowest BCUT2D eigenvalue weighted by Gasteiger charge is -2.00. The molecule has 0 aromatic heterocycles. The Morgan fingerprint density at radius 3 is 2.25 bits per heavy atom. The Morgan fingerprint density at radius 1 is 1.25 bits per heavy atom. The van der Waals surface area contributed by atoms with E-state index in [0.29, 0.717) is 12.8 Å². The van der Waals surface area contributed by atoms with Crippen LogP contribution >= 0.6 is 0 Å². The van der Waals surface area contributed by atoms with Crippen molar-refractivity contribution in [3.8, 4) is 0 Å². The zero-order valence-corrected chi connectivity index (χ0v) is 6.49. The molecule has 0 amide bonds. The van der Waals surface area contributed by atoms with E-state index < -0.39 is 18.1 Å². The molecule has 0 aromatic carbocycles. The van der Waals surface area contributed by atoms with E-state index in [4.69, 9.17) is 10.2 Å². The summed E-state index contributed by atoms with van der Waals surface area (Å²) < 4.78 is 12.3. The van der Waals surface area contributed by atoms with Gasteiger partial charge in [-0.3, -0.25) is 4.79 Å². The summed E-state index contributed by atoms with van der Waals surface area (Å²) in [5, 5.41) is 16.3. The van der Waals surface area contributed by atoms with Crippen molar-refractivity contribution < 1.29 is 24.2 Å². The lowest BCUT2D eigenvalue weighted by Crippen LogP contribution is -2.14. The summed E-state index contributed by atoms with van der Waals surface area (Å²) in [5.74, 6) is -2.42. The fourth-order valence-corrected chi connectivity index (χ4v) is 0.723. The van der Waals surface area contributed by atoms with Crippen molar-refractivity contribution in [1.82, 2.24) is 0 Å². The van der Waals surface area contributed by atoms with Crippen LogP contribution in [-0.2, 0) is 9.59 Å². The van der Waals surface area contributed by atoms with Crippen LogP contribution in [0.1, 0.15) is 25.7 Å². The van der Waals surface area contributed by atoms with Crippen LogP contribution in [0, 0.1) is 0 Å². The molecule has 0 aliphatic rings. The molecule has 70 valence electrons. The average molecular weight is 178 g/mol. The Hall–Kier alpha value is -1.13. The fourth-order valence-electron chi connectivity index (χ4n) is 0.723. The number of halogens is 1. The van der Waals surface area contributed by atoms with Gasteiger partial charge in [0, 0.05) is 6.42 Å². The van der Waals surface area contributed by atoms with Crippen molar-refractivity contribution in [1.29, 1.82) is 0 Å². The lowest BCUT2D eigenvalue weighted by molar-refractivity contribution is -0.143. The maximum absolute atomic E-state index is 12.3. The van der Waals surface area contributed by atoms with Crippen LogP contribution in [0.5, 0.6) is 0 Å². The second-order valence-electron chi connectivity index (χ2n) is 2.45. The molecule has 0 aliphatic carbocycles. The van der Waals surface area contributed by atoms with Crippen LogP contribution in [0.25, 0.3) is 0 Å². The van der Waals surface area contributed by atoms with Crippen LogP contribution in [0.15, 0.2) is 0 Å². The van der Waals surface area contributed by atoms with Gasteiger partial charge in [-0.1, -0.05) is 0 Å². The molecule has 0 fully saturated rings. The molecule has 0 radical (unpaired) electrons. The standard InChI is InChI=1S/C7H11FO4/c8-5(7(11)12)3-1-2-4-6(9)10/h5H,1-4H2,(H,9,10)(H,11,12). The first kappa shape index (κ1) is 10.9. The summed E-state index contributed by atoms with van der Waals surface area (Å²) >= 11 is 0. The van der Waals surface area contributed by atoms with Gasteiger partial charge in [0.25, 0.3) is 0 Å². The third-order valence-electron chi connectivity index (χ3n) is 1.37. The first-order valence-corrected chi connectivity index (χ1v) is 3.62. The molecule has 0 heterocycles.